The Kier molecular flexibility index (Phi) is 5.38. The van der Waals surface area contributed by atoms with Gasteiger partial charge in [-0.3, -0.25) is 9.69 Å². The Morgan fingerprint density at radius 3 is 2.68 bits per heavy atom. The van der Waals surface area contributed by atoms with Crippen molar-refractivity contribution in [2.24, 2.45) is 0 Å². The van der Waals surface area contributed by atoms with Crippen LogP contribution in [0.3, 0.4) is 0 Å². The van der Waals surface area contributed by atoms with Crippen LogP contribution in [0, 0.1) is 0 Å². The van der Waals surface area contributed by atoms with Gasteiger partial charge in [0.1, 0.15) is 11.7 Å². The molecule has 6 nitrogen and oxygen atoms in total. The van der Waals surface area contributed by atoms with Gasteiger partial charge >= 0.3 is 17.7 Å². The highest BCUT2D eigenvalue weighted by molar-refractivity contribution is 6.29. The second-order valence-corrected chi connectivity index (χ2v) is 7.56. The first-order valence-electron chi connectivity index (χ1n) is 9.61. The van der Waals surface area contributed by atoms with Gasteiger partial charge in [0, 0.05) is 17.6 Å². The molecule has 0 N–H and O–H groups in total. The lowest BCUT2D eigenvalue weighted by atomic mass is 10.0. The predicted octanol–water partition coefficient (Wildman–Crippen LogP) is 2.98. The SMILES string of the molecule is CCn1c2[n+](c([O-])c(-c3cccc(C(F)(F)F)c3)c1=O)CCN2Cc1ccc(Cl)nc1. The van der Waals surface area contributed by atoms with Gasteiger partial charge < -0.3 is 5.11 Å². The van der Waals surface area contributed by atoms with E-state index >= 15 is 0 Å². The zero-order valence-electron chi connectivity index (χ0n) is 16.5. The summed E-state index contributed by atoms with van der Waals surface area (Å²) >= 11 is 5.83. The molecule has 3 heterocycles. The lowest BCUT2D eigenvalue weighted by molar-refractivity contribution is -0.715. The third kappa shape index (κ3) is 3.85. The van der Waals surface area contributed by atoms with Crippen LogP contribution in [0.25, 0.3) is 11.1 Å². The fourth-order valence-corrected chi connectivity index (χ4v) is 3.92. The molecule has 0 radical (unpaired) electrons. The van der Waals surface area contributed by atoms with Crippen molar-refractivity contribution < 1.29 is 22.8 Å². The molecule has 3 aromatic rings. The minimum Gasteiger partial charge on any atom is -0.848 e. The Hall–Kier alpha value is -3.07. The molecule has 1 aliphatic rings. The molecular weight excluding hydrogens is 433 g/mol. The summed E-state index contributed by atoms with van der Waals surface area (Å²) in [6, 6.07) is 7.77. The molecule has 10 heteroatoms. The predicted molar refractivity (Wildman–Crippen MR) is 107 cm³/mol. The maximum absolute atomic E-state index is 13.2. The summed E-state index contributed by atoms with van der Waals surface area (Å²) < 4.78 is 42.3. The molecule has 0 bridgehead atoms. The standard InChI is InChI=1S/C21H18ClF3N4O2/c1-2-28-18(30)17(14-4-3-5-15(10-14)21(23,24)25)19(31)29-9-8-27(20(28)29)12-13-6-7-16(22)26-11-13/h3-7,10-11H,2,8-9,12H2,1H3. The van der Waals surface area contributed by atoms with Crippen molar-refractivity contribution >= 4 is 17.5 Å². The molecule has 0 aliphatic carbocycles. The van der Waals surface area contributed by atoms with Crippen molar-refractivity contribution in [2.75, 3.05) is 11.4 Å². The monoisotopic (exact) mass is 450 g/mol. The first-order valence-corrected chi connectivity index (χ1v) is 9.99. The van der Waals surface area contributed by atoms with E-state index in [0.717, 1.165) is 17.7 Å². The van der Waals surface area contributed by atoms with Gasteiger partial charge in [-0.2, -0.15) is 17.7 Å². The minimum absolute atomic E-state index is 0.0392. The Morgan fingerprint density at radius 1 is 1.26 bits per heavy atom. The molecule has 31 heavy (non-hydrogen) atoms. The molecular formula is C21H18ClF3N4O2. The van der Waals surface area contributed by atoms with E-state index in [2.05, 4.69) is 4.98 Å². The number of rotatable bonds is 4. The summed E-state index contributed by atoms with van der Waals surface area (Å²) in [5.41, 5.74) is -0.967. The first-order chi connectivity index (χ1) is 14.7. The Bertz CT molecular complexity index is 1190. The Balaban J connectivity index is 1.82. The van der Waals surface area contributed by atoms with E-state index in [0.29, 0.717) is 30.7 Å². The Labute approximate surface area is 180 Å². The van der Waals surface area contributed by atoms with Crippen LogP contribution in [-0.2, 0) is 25.8 Å². The summed E-state index contributed by atoms with van der Waals surface area (Å²) in [4.78, 5) is 19.1. The van der Waals surface area contributed by atoms with Gasteiger partial charge in [0.05, 0.1) is 30.8 Å². The molecule has 0 fully saturated rings. The van der Waals surface area contributed by atoms with E-state index in [-0.39, 0.29) is 17.7 Å². The number of fused-ring (bicyclic) bond motifs is 1. The van der Waals surface area contributed by atoms with Crippen LogP contribution in [0.2, 0.25) is 5.15 Å². The van der Waals surface area contributed by atoms with Gasteiger partial charge in [-0.1, -0.05) is 29.8 Å². The van der Waals surface area contributed by atoms with Crippen LogP contribution in [0.5, 0.6) is 5.88 Å². The topological polar surface area (TPSA) is 65.1 Å². The molecule has 0 saturated carbocycles. The zero-order valence-corrected chi connectivity index (χ0v) is 17.2. The van der Waals surface area contributed by atoms with Crippen LogP contribution in [0.1, 0.15) is 18.1 Å². The molecule has 0 saturated heterocycles. The van der Waals surface area contributed by atoms with Crippen molar-refractivity contribution in [1.29, 1.82) is 0 Å². The number of benzene rings is 1. The average molecular weight is 451 g/mol. The van der Waals surface area contributed by atoms with Crippen molar-refractivity contribution in [1.82, 2.24) is 9.55 Å². The van der Waals surface area contributed by atoms with Gasteiger partial charge in [-0.05, 0) is 30.7 Å². The third-order valence-corrected chi connectivity index (χ3v) is 5.46. The van der Waals surface area contributed by atoms with Gasteiger partial charge in [0.25, 0.3) is 0 Å². The molecule has 2 aromatic heterocycles. The Morgan fingerprint density at radius 2 is 2.03 bits per heavy atom. The number of anilines is 1. The smallest absolute Gasteiger partial charge is 0.416 e. The van der Waals surface area contributed by atoms with Crippen LogP contribution < -0.4 is 20.1 Å². The summed E-state index contributed by atoms with van der Waals surface area (Å²) in [5.74, 6) is -0.163. The van der Waals surface area contributed by atoms with Crippen molar-refractivity contribution in [3.8, 4) is 17.0 Å². The van der Waals surface area contributed by atoms with Gasteiger partial charge in [0.15, 0.2) is 0 Å². The number of nitrogens with zero attached hydrogens (tertiary/aromatic N) is 4. The van der Waals surface area contributed by atoms with Crippen molar-refractivity contribution in [2.45, 2.75) is 32.7 Å². The highest BCUT2D eigenvalue weighted by atomic mass is 35.5. The molecule has 162 valence electrons. The quantitative estimate of drug-likeness (QED) is 0.453. The van der Waals surface area contributed by atoms with E-state index < -0.39 is 23.2 Å². The third-order valence-electron chi connectivity index (χ3n) is 5.23. The van der Waals surface area contributed by atoms with Crippen molar-refractivity contribution in [3.05, 3.63) is 69.2 Å². The number of aromatic nitrogens is 3. The molecule has 0 amide bonds. The van der Waals surface area contributed by atoms with Gasteiger partial charge in [-0.15, -0.1) is 0 Å². The highest BCUT2D eigenvalue weighted by Gasteiger charge is 2.35. The maximum atomic E-state index is 13.2. The first kappa shape index (κ1) is 21.2. The van der Waals surface area contributed by atoms with E-state index in [1.807, 2.05) is 11.0 Å². The fraction of sp³-hybridized carbons (Fsp3) is 0.286. The van der Waals surface area contributed by atoms with E-state index in [4.69, 9.17) is 11.6 Å². The second-order valence-electron chi connectivity index (χ2n) is 7.17. The van der Waals surface area contributed by atoms with E-state index in [1.165, 1.54) is 21.3 Å². The molecule has 1 aliphatic heterocycles. The lowest BCUT2D eigenvalue weighted by Gasteiger charge is -2.20. The van der Waals surface area contributed by atoms with E-state index in [1.54, 1.807) is 19.2 Å². The largest absolute Gasteiger partial charge is 0.848 e. The van der Waals surface area contributed by atoms with Crippen LogP contribution in [0.15, 0.2) is 47.4 Å². The minimum atomic E-state index is -4.57. The number of alkyl halides is 3. The highest BCUT2D eigenvalue weighted by Crippen LogP contribution is 2.33. The second kappa shape index (κ2) is 7.88. The maximum Gasteiger partial charge on any atom is 0.416 e. The summed E-state index contributed by atoms with van der Waals surface area (Å²) in [7, 11) is 0. The van der Waals surface area contributed by atoms with Crippen molar-refractivity contribution in [3.63, 3.8) is 0 Å². The molecule has 1 aromatic carbocycles. The van der Waals surface area contributed by atoms with Gasteiger partial charge in [0.2, 0.25) is 0 Å². The van der Waals surface area contributed by atoms with Crippen LogP contribution in [0.4, 0.5) is 19.1 Å². The van der Waals surface area contributed by atoms with Crippen LogP contribution >= 0.6 is 11.6 Å². The van der Waals surface area contributed by atoms with Crippen LogP contribution in [-0.4, -0.2) is 16.1 Å². The zero-order chi connectivity index (χ0) is 22.3. The summed E-state index contributed by atoms with van der Waals surface area (Å²) in [6.45, 7) is 3.22. The molecule has 0 spiro atoms. The normalized spacial score (nSPS) is 13.5. The summed E-state index contributed by atoms with van der Waals surface area (Å²) in [6.07, 6.45) is -2.95. The fourth-order valence-electron chi connectivity index (χ4n) is 3.81. The van der Waals surface area contributed by atoms with E-state index in [9.17, 15) is 23.1 Å². The number of hydrogen-bond donors (Lipinski definition) is 0. The van der Waals surface area contributed by atoms with Gasteiger partial charge in [-0.25, -0.2) is 9.55 Å². The number of pyridine rings is 1. The molecule has 4 rings (SSSR count). The average Bonchev–Trinajstić information content (AvgIpc) is 3.13. The molecule has 0 atom stereocenters. The molecule has 0 unspecified atom stereocenters. The number of halogens is 4. The number of hydrogen-bond acceptors (Lipinski definition) is 4. The lowest BCUT2D eigenvalue weighted by Crippen LogP contribution is -2.44. The summed E-state index contributed by atoms with van der Waals surface area (Å²) in [5, 5.41) is 13.5.